The summed E-state index contributed by atoms with van der Waals surface area (Å²) in [6.07, 6.45) is 2.95. The average molecular weight is 269 g/mol. The largest absolute Gasteiger partial charge is 0.319 e. The van der Waals surface area contributed by atoms with Crippen LogP contribution in [0.25, 0.3) is 0 Å². The molecule has 4 heteroatoms. The third-order valence-electron chi connectivity index (χ3n) is 3.16. The van der Waals surface area contributed by atoms with Crippen LogP contribution in [0.5, 0.6) is 0 Å². The molecule has 3 nitrogen and oxygen atoms in total. The fraction of sp³-hybridized carbons (Fsp3) is 0.571. The second-order valence-corrected chi connectivity index (χ2v) is 7.23. The van der Waals surface area contributed by atoms with Crippen molar-refractivity contribution in [2.24, 2.45) is 5.92 Å². The predicted molar refractivity (Wildman–Crippen MR) is 76.6 cm³/mol. The van der Waals surface area contributed by atoms with E-state index in [0.29, 0.717) is 12.3 Å². The highest BCUT2D eigenvalue weighted by Gasteiger charge is 2.13. The first-order valence-corrected chi connectivity index (χ1v) is 8.35. The van der Waals surface area contributed by atoms with Gasteiger partial charge in [0, 0.05) is 6.26 Å². The maximum atomic E-state index is 11.2. The van der Waals surface area contributed by atoms with Gasteiger partial charge in [0.25, 0.3) is 0 Å². The summed E-state index contributed by atoms with van der Waals surface area (Å²) >= 11 is 0. The minimum atomic E-state index is -2.87. The van der Waals surface area contributed by atoms with Crippen LogP contribution in [0.4, 0.5) is 0 Å². The maximum absolute atomic E-state index is 11.2. The third kappa shape index (κ3) is 5.65. The number of hydrogen-bond donors (Lipinski definition) is 1. The fourth-order valence-electron chi connectivity index (χ4n) is 2.10. The van der Waals surface area contributed by atoms with Gasteiger partial charge in [-0.15, -0.1) is 0 Å². The number of aryl methyl sites for hydroxylation is 1. The Morgan fingerprint density at radius 2 is 1.94 bits per heavy atom. The van der Waals surface area contributed by atoms with E-state index in [2.05, 4.69) is 24.4 Å². The third-order valence-corrected chi connectivity index (χ3v) is 4.14. The van der Waals surface area contributed by atoms with E-state index in [0.717, 1.165) is 13.0 Å². The Kier molecular flexibility index (Phi) is 5.82. The van der Waals surface area contributed by atoms with E-state index in [4.69, 9.17) is 0 Å². The quantitative estimate of drug-likeness (QED) is 0.821. The van der Waals surface area contributed by atoms with Crippen molar-refractivity contribution in [2.45, 2.75) is 19.8 Å². The molecule has 0 amide bonds. The lowest BCUT2D eigenvalue weighted by atomic mass is 9.94. The Morgan fingerprint density at radius 3 is 2.50 bits per heavy atom. The first-order chi connectivity index (χ1) is 8.42. The summed E-state index contributed by atoms with van der Waals surface area (Å²) in [6, 6.07) is 8.29. The molecule has 0 bridgehead atoms. The molecule has 0 radical (unpaired) electrons. The summed E-state index contributed by atoms with van der Waals surface area (Å²) in [5, 5.41) is 3.15. The molecule has 1 N–H and O–H groups in total. The molecule has 0 aliphatic rings. The smallest absolute Gasteiger partial charge is 0.147 e. The van der Waals surface area contributed by atoms with Crippen LogP contribution in [0.15, 0.2) is 24.3 Å². The van der Waals surface area contributed by atoms with Gasteiger partial charge in [-0.25, -0.2) is 8.42 Å². The topological polar surface area (TPSA) is 46.2 Å². The van der Waals surface area contributed by atoms with Crippen LogP contribution in [-0.4, -0.2) is 34.0 Å². The average Bonchev–Trinajstić information content (AvgIpc) is 2.28. The molecule has 0 saturated carbocycles. The summed E-state index contributed by atoms with van der Waals surface area (Å²) in [4.78, 5) is 0. The summed E-state index contributed by atoms with van der Waals surface area (Å²) in [5.41, 5.74) is 2.59. The molecular formula is C14H23NO2S. The van der Waals surface area contributed by atoms with Crippen molar-refractivity contribution in [2.75, 3.05) is 25.6 Å². The Hall–Kier alpha value is -0.870. The normalized spacial score (nSPS) is 13.5. The van der Waals surface area contributed by atoms with Gasteiger partial charge in [-0.05, 0) is 50.4 Å². The van der Waals surface area contributed by atoms with E-state index in [9.17, 15) is 8.42 Å². The molecular weight excluding hydrogens is 246 g/mol. The van der Waals surface area contributed by atoms with E-state index >= 15 is 0 Å². The van der Waals surface area contributed by atoms with Crippen LogP contribution in [0.1, 0.15) is 17.5 Å². The van der Waals surface area contributed by atoms with Crippen LogP contribution < -0.4 is 5.32 Å². The van der Waals surface area contributed by atoms with Gasteiger partial charge in [-0.2, -0.15) is 0 Å². The van der Waals surface area contributed by atoms with E-state index in [-0.39, 0.29) is 5.75 Å². The van der Waals surface area contributed by atoms with Gasteiger partial charge in [0.1, 0.15) is 9.84 Å². The molecule has 0 heterocycles. The van der Waals surface area contributed by atoms with Crippen molar-refractivity contribution >= 4 is 9.84 Å². The molecule has 1 aromatic carbocycles. The van der Waals surface area contributed by atoms with E-state index < -0.39 is 9.84 Å². The summed E-state index contributed by atoms with van der Waals surface area (Å²) in [7, 11) is -0.960. The number of rotatable bonds is 7. The lowest BCUT2D eigenvalue weighted by Gasteiger charge is -2.17. The lowest BCUT2D eigenvalue weighted by molar-refractivity contribution is 0.477. The molecule has 0 aliphatic heterocycles. The molecule has 0 aliphatic carbocycles. The number of sulfone groups is 1. The zero-order valence-electron chi connectivity index (χ0n) is 11.4. The van der Waals surface area contributed by atoms with E-state index in [1.807, 2.05) is 19.2 Å². The number of nitrogens with one attached hydrogen (secondary N) is 1. The zero-order valence-corrected chi connectivity index (χ0v) is 12.3. The van der Waals surface area contributed by atoms with Gasteiger partial charge in [0.2, 0.25) is 0 Å². The SMILES string of the molecule is CNCC(CCS(C)(=O)=O)Cc1ccccc1C. The van der Waals surface area contributed by atoms with Crippen LogP contribution in [0, 0.1) is 12.8 Å². The molecule has 0 spiro atoms. The highest BCUT2D eigenvalue weighted by atomic mass is 32.2. The van der Waals surface area contributed by atoms with Crippen molar-refractivity contribution in [3.8, 4) is 0 Å². The van der Waals surface area contributed by atoms with Crippen molar-refractivity contribution in [3.05, 3.63) is 35.4 Å². The molecule has 0 saturated heterocycles. The summed E-state index contributed by atoms with van der Waals surface area (Å²) < 4.78 is 22.5. The molecule has 0 aromatic heterocycles. The second-order valence-electron chi connectivity index (χ2n) is 4.97. The first kappa shape index (κ1) is 15.2. The molecule has 1 rings (SSSR count). The van der Waals surface area contributed by atoms with Crippen molar-refractivity contribution in [1.29, 1.82) is 0 Å². The Morgan fingerprint density at radius 1 is 1.28 bits per heavy atom. The first-order valence-electron chi connectivity index (χ1n) is 6.29. The number of hydrogen-bond acceptors (Lipinski definition) is 3. The Labute approximate surface area is 111 Å². The summed E-state index contributed by atoms with van der Waals surface area (Å²) in [6.45, 7) is 2.95. The van der Waals surface area contributed by atoms with Gasteiger partial charge in [0.15, 0.2) is 0 Å². The Balaban J connectivity index is 2.66. The Bertz CT molecular complexity index is 468. The summed E-state index contributed by atoms with van der Waals surface area (Å²) in [5.74, 6) is 0.636. The van der Waals surface area contributed by atoms with Crippen LogP contribution in [-0.2, 0) is 16.3 Å². The van der Waals surface area contributed by atoms with Gasteiger partial charge < -0.3 is 5.32 Å². The van der Waals surface area contributed by atoms with Gasteiger partial charge in [-0.1, -0.05) is 24.3 Å². The predicted octanol–water partition coefficient (Wildman–Crippen LogP) is 1.81. The minimum absolute atomic E-state index is 0.269. The van der Waals surface area contributed by atoms with Crippen molar-refractivity contribution in [1.82, 2.24) is 5.32 Å². The van der Waals surface area contributed by atoms with Crippen LogP contribution in [0.3, 0.4) is 0 Å². The molecule has 1 unspecified atom stereocenters. The molecule has 1 atom stereocenters. The number of benzene rings is 1. The van der Waals surface area contributed by atoms with Gasteiger partial charge >= 0.3 is 0 Å². The van der Waals surface area contributed by atoms with E-state index in [1.54, 1.807) is 0 Å². The van der Waals surface area contributed by atoms with E-state index in [1.165, 1.54) is 17.4 Å². The van der Waals surface area contributed by atoms with Gasteiger partial charge in [0.05, 0.1) is 5.75 Å². The maximum Gasteiger partial charge on any atom is 0.147 e. The highest BCUT2D eigenvalue weighted by molar-refractivity contribution is 7.90. The van der Waals surface area contributed by atoms with Crippen LogP contribution >= 0.6 is 0 Å². The minimum Gasteiger partial charge on any atom is -0.319 e. The van der Waals surface area contributed by atoms with Crippen molar-refractivity contribution < 1.29 is 8.42 Å². The fourth-order valence-corrected chi connectivity index (χ4v) is 2.86. The molecule has 1 aromatic rings. The van der Waals surface area contributed by atoms with Crippen molar-refractivity contribution in [3.63, 3.8) is 0 Å². The molecule has 18 heavy (non-hydrogen) atoms. The zero-order chi connectivity index (χ0) is 13.6. The molecule has 0 fully saturated rings. The standard InChI is InChI=1S/C14H23NO2S/c1-12-6-4-5-7-14(12)10-13(11-15-2)8-9-18(3,16)17/h4-7,13,15H,8-11H2,1-3H3. The monoisotopic (exact) mass is 269 g/mol. The molecule has 102 valence electrons. The second kappa shape index (κ2) is 6.90. The van der Waals surface area contributed by atoms with Crippen LogP contribution in [0.2, 0.25) is 0 Å². The highest BCUT2D eigenvalue weighted by Crippen LogP contribution is 2.16. The van der Waals surface area contributed by atoms with Gasteiger partial charge in [-0.3, -0.25) is 0 Å². The lowest BCUT2D eigenvalue weighted by Crippen LogP contribution is -2.23.